The summed E-state index contributed by atoms with van der Waals surface area (Å²) in [6.45, 7) is 7.04. The van der Waals surface area contributed by atoms with Gasteiger partial charge in [0.05, 0.1) is 13.2 Å². The van der Waals surface area contributed by atoms with E-state index < -0.39 is 0 Å². The summed E-state index contributed by atoms with van der Waals surface area (Å²) in [4.78, 5) is 15.4. The van der Waals surface area contributed by atoms with Gasteiger partial charge in [-0.3, -0.25) is 4.90 Å². The number of nitrogen functional groups attached to an aromatic ring is 1. The van der Waals surface area contributed by atoms with Crippen molar-refractivity contribution in [2.24, 2.45) is 0 Å². The minimum atomic E-state index is 0.319. The summed E-state index contributed by atoms with van der Waals surface area (Å²) in [5.41, 5.74) is 8.34. The van der Waals surface area contributed by atoms with Crippen molar-refractivity contribution in [2.75, 3.05) is 50.4 Å². The van der Waals surface area contributed by atoms with Gasteiger partial charge >= 0.3 is 0 Å². The summed E-state index contributed by atoms with van der Waals surface area (Å²) in [5, 5.41) is 4.28. The highest BCUT2D eigenvalue weighted by Crippen LogP contribution is 2.32. The lowest BCUT2D eigenvalue weighted by atomic mass is 10.2. The fourth-order valence-corrected chi connectivity index (χ4v) is 3.16. The number of nitrogens with zero attached hydrogens (tertiary/aromatic N) is 4. The first-order valence-corrected chi connectivity index (χ1v) is 9.39. The van der Waals surface area contributed by atoms with E-state index >= 15 is 0 Å². The Morgan fingerprint density at radius 2 is 2.04 bits per heavy atom. The van der Waals surface area contributed by atoms with Crippen molar-refractivity contribution in [3.63, 3.8) is 0 Å². The first-order chi connectivity index (χ1) is 13.7. The van der Waals surface area contributed by atoms with Crippen molar-refractivity contribution in [3.8, 4) is 11.6 Å². The maximum absolute atomic E-state index is 6.26. The van der Waals surface area contributed by atoms with E-state index in [2.05, 4.69) is 25.2 Å². The third kappa shape index (κ3) is 4.13. The second-order valence-electron chi connectivity index (χ2n) is 6.70. The van der Waals surface area contributed by atoms with Crippen LogP contribution in [-0.2, 0) is 4.74 Å². The first-order valence-electron chi connectivity index (χ1n) is 9.39. The Kier molecular flexibility index (Phi) is 5.50. The van der Waals surface area contributed by atoms with Crippen LogP contribution in [0.2, 0.25) is 0 Å². The zero-order chi connectivity index (χ0) is 19.3. The van der Waals surface area contributed by atoms with E-state index in [0.717, 1.165) is 56.0 Å². The molecule has 0 amide bonds. The van der Waals surface area contributed by atoms with Crippen LogP contribution in [0.1, 0.15) is 5.69 Å². The van der Waals surface area contributed by atoms with Gasteiger partial charge in [-0.05, 0) is 19.1 Å². The number of fused-ring (bicyclic) bond motifs is 1. The van der Waals surface area contributed by atoms with Crippen molar-refractivity contribution in [1.29, 1.82) is 0 Å². The number of rotatable bonds is 6. The molecule has 4 rings (SSSR count). The van der Waals surface area contributed by atoms with Gasteiger partial charge in [0.15, 0.2) is 11.6 Å². The fraction of sp³-hybridized carbons (Fsp3) is 0.350. The van der Waals surface area contributed by atoms with Crippen LogP contribution in [0.4, 0.5) is 11.5 Å². The summed E-state index contributed by atoms with van der Waals surface area (Å²) < 4.78 is 11.4. The largest absolute Gasteiger partial charge is 0.435 e. The van der Waals surface area contributed by atoms with Crippen LogP contribution < -0.4 is 15.8 Å². The van der Waals surface area contributed by atoms with Gasteiger partial charge in [-0.2, -0.15) is 4.98 Å². The van der Waals surface area contributed by atoms with Gasteiger partial charge in [0, 0.05) is 37.3 Å². The minimum absolute atomic E-state index is 0.319. The molecule has 1 aliphatic rings. The van der Waals surface area contributed by atoms with Crippen LogP contribution >= 0.6 is 0 Å². The van der Waals surface area contributed by atoms with Gasteiger partial charge in [0.1, 0.15) is 17.5 Å². The average Bonchev–Trinajstić information content (AvgIpc) is 2.72. The minimum Gasteiger partial charge on any atom is -0.435 e. The second kappa shape index (κ2) is 8.37. The quantitative estimate of drug-likeness (QED) is 0.673. The number of benzene rings is 1. The molecule has 28 heavy (non-hydrogen) atoms. The summed E-state index contributed by atoms with van der Waals surface area (Å²) >= 11 is 0. The fourth-order valence-electron chi connectivity index (χ4n) is 3.16. The van der Waals surface area contributed by atoms with Crippen LogP contribution in [0.5, 0.6) is 11.6 Å². The number of nitrogens with two attached hydrogens (primary N) is 1. The van der Waals surface area contributed by atoms with Crippen LogP contribution in [0, 0.1) is 6.92 Å². The van der Waals surface area contributed by atoms with Crippen LogP contribution in [0.3, 0.4) is 0 Å². The zero-order valence-corrected chi connectivity index (χ0v) is 15.9. The molecule has 146 valence electrons. The molecule has 0 spiro atoms. The van der Waals surface area contributed by atoms with Crippen LogP contribution in [0.25, 0.3) is 10.9 Å². The third-order valence-electron chi connectivity index (χ3n) is 4.70. The molecule has 1 saturated heterocycles. The topological polar surface area (TPSA) is 98.4 Å². The number of nitrogens with one attached hydrogen (secondary N) is 1. The van der Waals surface area contributed by atoms with Gasteiger partial charge in [-0.1, -0.05) is 18.2 Å². The molecule has 0 unspecified atom stereocenters. The van der Waals surface area contributed by atoms with E-state index in [-0.39, 0.29) is 0 Å². The molecule has 0 radical (unpaired) electrons. The number of hydrogen-bond acceptors (Lipinski definition) is 8. The Hall–Kier alpha value is -2.97. The predicted octanol–water partition coefficient (Wildman–Crippen LogP) is 2.45. The van der Waals surface area contributed by atoms with Crippen molar-refractivity contribution >= 4 is 22.4 Å². The molecule has 2 aromatic heterocycles. The number of anilines is 2. The Bertz CT molecular complexity index is 959. The van der Waals surface area contributed by atoms with Crippen molar-refractivity contribution in [1.82, 2.24) is 19.9 Å². The molecule has 0 atom stereocenters. The monoisotopic (exact) mass is 380 g/mol. The molecule has 3 heterocycles. The molecule has 1 fully saturated rings. The van der Waals surface area contributed by atoms with Gasteiger partial charge in [0.2, 0.25) is 5.88 Å². The standard InChI is InChI=1S/C20H24N6O2/c1-14-5-6-15-3-2-4-16(18(15)25-14)28-20-17(21)19(23-13-24-20)22-7-8-26-9-11-27-12-10-26/h2-6,13H,7-12,21H2,1H3,(H,22,23,24). The molecule has 3 N–H and O–H groups in total. The number of para-hydroxylation sites is 1. The smallest absolute Gasteiger partial charge is 0.248 e. The van der Waals surface area contributed by atoms with E-state index in [9.17, 15) is 0 Å². The highest BCUT2D eigenvalue weighted by Gasteiger charge is 2.14. The molecule has 8 nitrogen and oxygen atoms in total. The summed E-state index contributed by atoms with van der Waals surface area (Å²) in [6, 6.07) is 9.78. The SMILES string of the molecule is Cc1ccc2cccc(Oc3ncnc(NCCN4CCOCC4)c3N)c2n1. The first kappa shape index (κ1) is 18.4. The Morgan fingerprint density at radius 1 is 1.18 bits per heavy atom. The van der Waals surface area contributed by atoms with Gasteiger partial charge in [0.25, 0.3) is 0 Å². The molecule has 8 heteroatoms. The maximum Gasteiger partial charge on any atom is 0.248 e. The zero-order valence-electron chi connectivity index (χ0n) is 15.9. The van der Waals surface area contributed by atoms with Gasteiger partial charge in [-0.25, -0.2) is 9.97 Å². The third-order valence-corrected chi connectivity index (χ3v) is 4.70. The summed E-state index contributed by atoms with van der Waals surface area (Å²) in [6.07, 6.45) is 1.45. The lowest BCUT2D eigenvalue weighted by Crippen LogP contribution is -2.39. The Morgan fingerprint density at radius 3 is 2.89 bits per heavy atom. The molecule has 0 saturated carbocycles. The van der Waals surface area contributed by atoms with Crippen molar-refractivity contribution in [3.05, 3.63) is 42.4 Å². The molecular formula is C20H24N6O2. The number of pyridine rings is 1. The van der Waals surface area contributed by atoms with E-state index in [1.54, 1.807) is 0 Å². The highest BCUT2D eigenvalue weighted by atomic mass is 16.5. The van der Waals surface area contributed by atoms with Crippen molar-refractivity contribution < 1.29 is 9.47 Å². The molecule has 3 aromatic rings. The molecular weight excluding hydrogens is 356 g/mol. The second-order valence-corrected chi connectivity index (χ2v) is 6.70. The lowest BCUT2D eigenvalue weighted by molar-refractivity contribution is 0.0398. The molecule has 1 aliphatic heterocycles. The number of hydrogen-bond donors (Lipinski definition) is 2. The van der Waals surface area contributed by atoms with E-state index in [1.807, 2.05) is 37.3 Å². The number of ether oxygens (including phenoxy) is 2. The summed E-state index contributed by atoms with van der Waals surface area (Å²) in [5.74, 6) is 1.51. The number of morpholine rings is 1. The molecule has 0 bridgehead atoms. The van der Waals surface area contributed by atoms with E-state index in [0.29, 0.717) is 23.1 Å². The Balaban J connectivity index is 1.48. The highest BCUT2D eigenvalue weighted by molar-refractivity contribution is 5.85. The lowest BCUT2D eigenvalue weighted by Gasteiger charge is -2.26. The number of aryl methyl sites for hydroxylation is 1. The van der Waals surface area contributed by atoms with E-state index in [4.69, 9.17) is 15.2 Å². The van der Waals surface area contributed by atoms with Crippen LogP contribution in [0.15, 0.2) is 36.7 Å². The Labute approximate surface area is 163 Å². The molecule has 0 aliphatic carbocycles. The van der Waals surface area contributed by atoms with Gasteiger partial charge in [-0.15, -0.1) is 0 Å². The predicted molar refractivity (Wildman–Crippen MR) is 109 cm³/mol. The van der Waals surface area contributed by atoms with E-state index in [1.165, 1.54) is 6.33 Å². The number of aromatic nitrogens is 3. The van der Waals surface area contributed by atoms with Crippen LogP contribution in [-0.4, -0.2) is 59.2 Å². The average molecular weight is 380 g/mol. The summed E-state index contributed by atoms with van der Waals surface area (Å²) in [7, 11) is 0. The van der Waals surface area contributed by atoms with Crippen molar-refractivity contribution in [2.45, 2.75) is 6.92 Å². The normalized spacial score (nSPS) is 14.9. The molecule has 1 aromatic carbocycles. The van der Waals surface area contributed by atoms with Gasteiger partial charge < -0.3 is 20.5 Å². The maximum atomic E-state index is 6.26.